The number of ether oxygens (including phenoxy) is 1. The second kappa shape index (κ2) is 8.13. The van der Waals surface area contributed by atoms with Crippen molar-refractivity contribution >= 4 is 11.4 Å². The number of nitriles is 1. The van der Waals surface area contributed by atoms with E-state index in [2.05, 4.69) is 5.32 Å². The fraction of sp³-hybridized carbons (Fsp3) is 0.278. The van der Waals surface area contributed by atoms with Crippen LogP contribution in [0.15, 0.2) is 42.5 Å². The third-order valence-electron chi connectivity index (χ3n) is 3.93. The van der Waals surface area contributed by atoms with Crippen LogP contribution in [-0.2, 0) is 0 Å². The van der Waals surface area contributed by atoms with Crippen LogP contribution in [0, 0.1) is 21.4 Å². The lowest BCUT2D eigenvalue weighted by molar-refractivity contribution is -0.384. The molecule has 0 amide bonds. The summed E-state index contributed by atoms with van der Waals surface area (Å²) < 4.78 is 5.17. The standard InChI is InChI=1S/C18H20N4O3/c1-21(2)18(14-5-7-15(25-3)8-6-14)12-20-16-10-13(11-19)4-9-17(16)22(23)24/h4-10,18,20H,12H2,1-3H3. The highest BCUT2D eigenvalue weighted by Crippen LogP contribution is 2.27. The van der Waals surface area contributed by atoms with Gasteiger partial charge in [-0.2, -0.15) is 5.26 Å². The zero-order valence-corrected chi connectivity index (χ0v) is 14.4. The second-order valence-electron chi connectivity index (χ2n) is 5.73. The molecule has 7 nitrogen and oxygen atoms in total. The fourth-order valence-electron chi connectivity index (χ4n) is 2.54. The largest absolute Gasteiger partial charge is 0.497 e. The quantitative estimate of drug-likeness (QED) is 0.615. The van der Waals surface area contributed by atoms with Gasteiger partial charge < -0.3 is 15.0 Å². The van der Waals surface area contributed by atoms with Crippen LogP contribution in [0.25, 0.3) is 0 Å². The van der Waals surface area contributed by atoms with E-state index < -0.39 is 4.92 Å². The van der Waals surface area contributed by atoms with Gasteiger partial charge in [0.15, 0.2) is 0 Å². The molecule has 0 fully saturated rings. The lowest BCUT2D eigenvalue weighted by Gasteiger charge is -2.25. The minimum Gasteiger partial charge on any atom is -0.497 e. The molecule has 2 rings (SSSR count). The predicted octanol–water partition coefficient (Wildman–Crippen LogP) is 3.19. The van der Waals surface area contributed by atoms with Gasteiger partial charge in [-0.15, -0.1) is 0 Å². The van der Waals surface area contributed by atoms with Crippen molar-refractivity contribution in [3.8, 4) is 11.8 Å². The van der Waals surface area contributed by atoms with E-state index in [1.807, 2.05) is 49.3 Å². The van der Waals surface area contributed by atoms with Crippen molar-refractivity contribution in [2.24, 2.45) is 0 Å². The van der Waals surface area contributed by atoms with E-state index in [9.17, 15) is 10.1 Å². The Labute approximate surface area is 146 Å². The average molecular weight is 340 g/mol. The predicted molar refractivity (Wildman–Crippen MR) is 95.7 cm³/mol. The number of anilines is 1. The van der Waals surface area contributed by atoms with Crippen molar-refractivity contribution in [3.05, 3.63) is 63.7 Å². The van der Waals surface area contributed by atoms with Crippen LogP contribution >= 0.6 is 0 Å². The van der Waals surface area contributed by atoms with Crippen LogP contribution in [0.2, 0.25) is 0 Å². The van der Waals surface area contributed by atoms with E-state index in [0.29, 0.717) is 17.8 Å². The molecule has 0 aromatic heterocycles. The van der Waals surface area contributed by atoms with Crippen LogP contribution in [-0.4, -0.2) is 37.6 Å². The van der Waals surface area contributed by atoms with Crippen molar-refractivity contribution in [1.29, 1.82) is 5.26 Å². The Morgan fingerprint density at radius 3 is 2.48 bits per heavy atom. The fourth-order valence-corrected chi connectivity index (χ4v) is 2.54. The van der Waals surface area contributed by atoms with E-state index in [0.717, 1.165) is 11.3 Å². The minimum atomic E-state index is -0.457. The van der Waals surface area contributed by atoms with Gasteiger partial charge in [0.25, 0.3) is 5.69 Å². The van der Waals surface area contributed by atoms with Crippen molar-refractivity contribution in [1.82, 2.24) is 4.90 Å². The van der Waals surface area contributed by atoms with E-state index >= 15 is 0 Å². The number of hydrogen-bond acceptors (Lipinski definition) is 6. The average Bonchev–Trinajstić information content (AvgIpc) is 2.61. The molecule has 1 N–H and O–H groups in total. The molecule has 25 heavy (non-hydrogen) atoms. The number of likely N-dealkylation sites (N-methyl/N-ethyl adjacent to an activating group) is 1. The summed E-state index contributed by atoms with van der Waals surface area (Å²) in [4.78, 5) is 12.8. The third-order valence-corrected chi connectivity index (χ3v) is 3.93. The molecule has 0 aliphatic carbocycles. The van der Waals surface area contributed by atoms with E-state index in [1.54, 1.807) is 7.11 Å². The number of methoxy groups -OCH3 is 1. The summed E-state index contributed by atoms with van der Waals surface area (Å²) in [6.07, 6.45) is 0. The Bertz CT molecular complexity index is 782. The Morgan fingerprint density at radius 2 is 1.96 bits per heavy atom. The molecule has 130 valence electrons. The number of nitro benzene ring substituents is 1. The van der Waals surface area contributed by atoms with Crippen molar-refractivity contribution in [2.75, 3.05) is 33.1 Å². The minimum absolute atomic E-state index is 0.00347. The van der Waals surface area contributed by atoms with Crippen LogP contribution in [0.4, 0.5) is 11.4 Å². The monoisotopic (exact) mass is 340 g/mol. The molecule has 0 heterocycles. The molecule has 0 saturated carbocycles. The van der Waals surface area contributed by atoms with Crippen LogP contribution in [0.3, 0.4) is 0 Å². The van der Waals surface area contributed by atoms with Gasteiger partial charge in [0.1, 0.15) is 11.4 Å². The lowest BCUT2D eigenvalue weighted by atomic mass is 10.1. The normalized spacial score (nSPS) is 11.6. The molecule has 2 aromatic carbocycles. The third kappa shape index (κ3) is 4.46. The van der Waals surface area contributed by atoms with Gasteiger partial charge in [-0.1, -0.05) is 12.1 Å². The molecule has 0 aliphatic rings. The summed E-state index contributed by atoms with van der Waals surface area (Å²) in [5, 5.41) is 23.3. The highest BCUT2D eigenvalue weighted by atomic mass is 16.6. The lowest BCUT2D eigenvalue weighted by Crippen LogP contribution is -2.27. The Balaban J connectivity index is 2.24. The molecular weight excluding hydrogens is 320 g/mol. The smallest absolute Gasteiger partial charge is 0.292 e. The van der Waals surface area contributed by atoms with Crippen LogP contribution < -0.4 is 10.1 Å². The first-order valence-electron chi connectivity index (χ1n) is 7.69. The number of benzene rings is 2. The Morgan fingerprint density at radius 1 is 1.28 bits per heavy atom. The molecule has 0 spiro atoms. The number of nitrogens with one attached hydrogen (secondary N) is 1. The molecule has 0 saturated heterocycles. The zero-order chi connectivity index (χ0) is 18.4. The van der Waals surface area contributed by atoms with Gasteiger partial charge in [0, 0.05) is 12.6 Å². The zero-order valence-electron chi connectivity index (χ0n) is 14.4. The summed E-state index contributed by atoms with van der Waals surface area (Å²) in [6, 6.07) is 14.0. The van der Waals surface area contributed by atoms with Gasteiger partial charge in [-0.25, -0.2) is 0 Å². The first kappa shape index (κ1) is 18.2. The van der Waals surface area contributed by atoms with Gasteiger partial charge in [0.2, 0.25) is 0 Å². The van der Waals surface area contributed by atoms with Crippen molar-refractivity contribution < 1.29 is 9.66 Å². The van der Waals surface area contributed by atoms with Crippen LogP contribution in [0.5, 0.6) is 5.75 Å². The number of nitrogens with zero attached hydrogens (tertiary/aromatic N) is 3. The van der Waals surface area contributed by atoms with Gasteiger partial charge in [-0.05, 0) is 43.9 Å². The Hall–Kier alpha value is -3.11. The van der Waals surface area contributed by atoms with Gasteiger partial charge in [0.05, 0.1) is 29.7 Å². The highest BCUT2D eigenvalue weighted by molar-refractivity contribution is 5.64. The molecule has 7 heteroatoms. The summed E-state index contributed by atoms with van der Waals surface area (Å²) >= 11 is 0. The summed E-state index contributed by atoms with van der Waals surface area (Å²) in [7, 11) is 5.49. The van der Waals surface area contributed by atoms with Crippen molar-refractivity contribution in [3.63, 3.8) is 0 Å². The van der Waals surface area contributed by atoms with Crippen molar-refractivity contribution in [2.45, 2.75) is 6.04 Å². The molecule has 2 aromatic rings. The summed E-state index contributed by atoms with van der Waals surface area (Å²) in [5.41, 5.74) is 1.71. The first-order valence-corrected chi connectivity index (χ1v) is 7.69. The van der Waals surface area contributed by atoms with Gasteiger partial charge >= 0.3 is 0 Å². The highest BCUT2D eigenvalue weighted by Gasteiger charge is 2.18. The maximum atomic E-state index is 11.2. The molecule has 0 aliphatic heterocycles. The number of hydrogen-bond donors (Lipinski definition) is 1. The van der Waals surface area contributed by atoms with E-state index in [1.165, 1.54) is 18.2 Å². The van der Waals surface area contributed by atoms with Crippen LogP contribution in [0.1, 0.15) is 17.2 Å². The Kier molecular flexibility index (Phi) is 5.93. The maximum absolute atomic E-state index is 11.2. The number of nitro groups is 1. The first-order chi connectivity index (χ1) is 12.0. The topological polar surface area (TPSA) is 91.4 Å². The summed E-state index contributed by atoms with van der Waals surface area (Å²) in [5.74, 6) is 0.770. The molecule has 0 radical (unpaired) electrons. The SMILES string of the molecule is COc1ccc(C(CNc2cc(C#N)ccc2[N+](=O)[O-])N(C)C)cc1. The van der Waals surface area contributed by atoms with Gasteiger partial charge in [-0.3, -0.25) is 10.1 Å². The second-order valence-corrected chi connectivity index (χ2v) is 5.73. The molecule has 1 unspecified atom stereocenters. The molecule has 0 bridgehead atoms. The number of rotatable bonds is 7. The van der Waals surface area contributed by atoms with E-state index in [4.69, 9.17) is 10.00 Å². The summed E-state index contributed by atoms with van der Waals surface area (Å²) in [6.45, 7) is 0.453. The molecular formula is C18H20N4O3. The van der Waals surface area contributed by atoms with E-state index in [-0.39, 0.29) is 11.7 Å². The maximum Gasteiger partial charge on any atom is 0.292 e. The molecule has 1 atom stereocenters.